The van der Waals surface area contributed by atoms with E-state index in [0.29, 0.717) is 6.04 Å². The van der Waals surface area contributed by atoms with Crippen LogP contribution in [-0.4, -0.2) is 29.4 Å². The van der Waals surface area contributed by atoms with Crippen molar-refractivity contribution < 1.29 is 14.6 Å². The van der Waals surface area contributed by atoms with Gasteiger partial charge in [-0.15, -0.1) is 12.4 Å². The van der Waals surface area contributed by atoms with Gasteiger partial charge in [0.1, 0.15) is 0 Å². The van der Waals surface area contributed by atoms with Gasteiger partial charge in [-0.1, -0.05) is 49.6 Å². The Morgan fingerprint density at radius 3 is 2.38 bits per heavy atom. The Labute approximate surface area is 150 Å². The normalized spacial score (nSPS) is 20.3. The molecule has 2 rings (SSSR count). The zero-order chi connectivity index (χ0) is 16.9. The molecule has 1 amide bonds. The molecule has 0 bridgehead atoms. The van der Waals surface area contributed by atoms with Crippen molar-refractivity contribution in [1.82, 2.24) is 5.32 Å². The molecule has 1 aromatic carbocycles. The fourth-order valence-corrected chi connectivity index (χ4v) is 3.56. The SMILES string of the molecule is CC(O)C(NC1CCCCC1)C(C)(OC(N)=O)c1ccccc1.Cl. The van der Waals surface area contributed by atoms with Gasteiger partial charge in [0.2, 0.25) is 0 Å². The van der Waals surface area contributed by atoms with Crippen molar-refractivity contribution in [2.75, 3.05) is 0 Å². The van der Waals surface area contributed by atoms with E-state index in [-0.39, 0.29) is 12.4 Å². The number of carbonyl (C=O) groups excluding carboxylic acids is 1. The van der Waals surface area contributed by atoms with Crippen LogP contribution in [0.25, 0.3) is 0 Å². The van der Waals surface area contributed by atoms with Crippen LogP contribution in [0.1, 0.15) is 51.5 Å². The number of carbonyl (C=O) groups is 1. The second-order valence-corrected chi connectivity index (χ2v) is 6.61. The minimum Gasteiger partial charge on any atom is -0.437 e. The average molecular weight is 357 g/mol. The number of hydrogen-bond acceptors (Lipinski definition) is 4. The lowest BCUT2D eigenvalue weighted by Crippen LogP contribution is -2.58. The van der Waals surface area contributed by atoms with E-state index in [2.05, 4.69) is 5.32 Å². The lowest BCUT2D eigenvalue weighted by Gasteiger charge is -2.41. The first-order valence-electron chi connectivity index (χ1n) is 8.41. The maximum atomic E-state index is 11.5. The smallest absolute Gasteiger partial charge is 0.405 e. The van der Waals surface area contributed by atoms with E-state index in [1.165, 1.54) is 19.3 Å². The van der Waals surface area contributed by atoms with E-state index in [4.69, 9.17) is 10.5 Å². The molecule has 1 aromatic rings. The Morgan fingerprint density at radius 1 is 1.29 bits per heavy atom. The van der Waals surface area contributed by atoms with Gasteiger partial charge in [-0.25, -0.2) is 4.79 Å². The standard InChI is InChI=1S/C18H28N2O3.ClH/c1-13(21)16(20-15-11-7-4-8-12-15)18(2,23-17(19)22)14-9-5-3-6-10-14;/h3,5-6,9-10,13,15-16,20-21H,4,7-8,11-12H2,1-2H3,(H2,19,22);1H. The number of hydrogen-bond donors (Lipinski definition) is 3. The summed E-state index contributed by atoms with van der Waals surface area (Å²) in [5, 5.41) is 13.9. The van der Waals surface area contributed by atoms with Crippen molar-refractivity contribution in [2.24, 2.45) is 5.73 Å². The summed E-state index contributed by atoms with van der Waals surface area (Å²) >= 11 is 0. The van der Waals surface area contributed by atoms with Crippen LogP contribution in [0.2, 0.25) is 0 Å². The van der Waals surface area contributed by atoms with Gasteiger partial charge >= 0.3 is 6.09 Å². The summed E-state index contributed by atoms with van der Waals surface area (Å²) in [5.41, 5.74) is 5.10. The molecule has 4 N–H and O–H groups in total. The van der Waals surface area contributed by atoms with Crippen molar-refractivity contribution in [3.8, 4) is 0 Å². The molecule has 6 heteroatoms. The van der Waals surface area contributed by atoms with Gasteiger partial charge in [0.25, 0.3) is 0 Å². The molecular formula is C18H29ClN2O3. The van der Waals surface area contributed by atoms with Crippen LogP contribution in [0.4, 0.5) is 4.79 Å². The average Bonchev–Trinajstić information content (AvgIpc) is 2.53. The van der Waals surface area contributed by atoms with E-state index in [1.807, 2.05) is 30.3 Å². The summed E-state index contributed by atoms with van der Waals surface area (Å²) in [6.45, 7) is 3.52. The van der Waals surface area contributed by atoms with Crippen LogP contribution in [0, 0.1) is 0 Å². The molecular weight excluding hydrogens is 328 g/mol. The number of benzene rings is 1. The fourth-order valence-electron chi connectivity index (χ4n) is 3.56. The third-order valence-electron chi connectivity index (χ3n) is 4.76. The first-order chi connectivity index (χ1) is 10.9. The molecule has 5 nitrogen and oxygen atoms in total. The number of halogens is 1. The second-order valence-electron chi connectivity index (χ2n) is 6.61. The van der Waals surface area contributed by atoms with E-state index < -0.39 is 23.8 Å². The van der Waals surface area contributed by atoms with Gasteiger partial charge in [-0.3, -0.25) is 0 Å². The highest BCUT2D eigenvalue weighted by Gasteiger charge is 2.43. The Hall–Kier alpha value is -1.30. The van der Waals surface area contributed by atoms with Crippen molar-refractivity contribution >= 4 is 18.5 Å². The van der Waals surface area contributed by atoms with Crippen LogP contribution in [0.3, 0.4) is 0 Å². The number of nitrogens with two attached hydrogens (primary N) is 1. The minimum absolute atomic E-state index is 0. The molecule has 3 unspecified atom stereocenters. The van der Waals surface area contributed by atoms with Gasteiger partial charge in [0.05, 0.1) is 12.1 Å². The summed E-state index contributed by atoms with van der Waals surface area (Å²) in [6.07, 6.45) is 4.24. The maximum Gasteiger partial charge on any atom is 0.405 e. The van der Waals surface area contributed by atoms with Gasteiger partial charge < -0.3 is 20.9 Å². The molecule has 3 atom stereocenters. The van der Waals surface area contributed by atoms with Crippen LogP contribution in [0.5, 0.6) is 0 Å². The van der Waals surface area contributed by atoms with E-state index in [1.54, 1.807) is 13.8 Å². The molecule has 1 aliphatic rings. The van der Waals surface area contributed by atoms with Crippen molar-refractivity contribution in [3.63, 3.8) is 0 Å². The quantitative estimate of drug-likeness (QED) is 0.731. The molecule has 0 radical (unpaired) electrons. The van der Waals surface area contributed by atoms with Gasteiger partial charge in [-0.2, -0.15) is 0 Å². The molecule has 0 heterocycles. The summed E-state index contributed by atoms with van der Waals surface area (Å²) in [5.74, 6) is 0. The molecule has 0 aliphatic heterocycles. The zero-order valence-electron chi connectivity index (χ0n) is 14.4. The largest absolute Gasteiger partial charge is 0.437 e. The topological polar surface area (TPSA) is 84.6 Å². The Bertz CT molecular complexity index is 506. The third-order valence-corrected chi connectivity index (χ3v) is 4.76. The number of ether oxygens (including phenoxy) is 1. The summed E-state index contributed by atoms with van der Waals surface area (Å²) in [4.78, 5) is 11.5. The van der Waals surface area contributed by atoms with Crippen LogP contribution >= 0.6 is 12.4 Å². The van der Waals surface area contributed by atoms with Crippen molar-refractivity contribution in [2.45, 2.75) is 69.7 Å². The molecule has 1 saturated carbocycles. The molecule has 24 heavy (non-hydrogen) atoms. The Morgan fingerprint density at radius 2 is 1.88 bits per heavy atom. The first kappa shape index (κ1) is 20.7. The van der Waals surface area contributed by atoms with Crippen LogP contribution in [0.15, 0.2) is 30.3 Å². The predicted octanol–water partition coefficient (Wildman–Crippen LogP) is 3.09. The van der Waals surface area contributed by atoms with E-state index in [9.17, 15) is 9.90 Å². The second kappa shape index (κ2) is 9.25. The number of aliphatic hydroxyl groups is 1. The maximum absolute atomic E-state index is 11.5. The number of amides is 1. The van der Waals surface area contributed by atoms with Gasteiger partial charge in [0.15, 0.2) is 5.60 Å². The van der Waals surface area contributed by atoms with Crippen LogP contribution in [-0.2, 0) is 10.3 Å². The molecule has 0 spiro atoms. The Balaban J connectivity index is 0.00000288. The summed E-state index contributed by atoms with van der Waals surface area (Å²) in [7, 11) is 0. The summed E-state index contributed by atoms with van der Waals surface area (Å²) < 4.78 is 5.51. The molecule has 1 fully saturated rings. The lowest BCUT2D eigenvalue weighted by atomic mass is 9.83. The van der Waals surface area contributed by atoms with E-state index in [0.717, 1.165) is 18.4 Å². The zero-order valence-corrected chi connectivity index (χ0v) is 15.2. The number of primary amides is 1. The molecule has 0 aromatic heterocycles. The van der Waals surface area contributed by atoms with E-state index >= 15 is 0 Å². The minimum atomic E-state index is -1.03. The highest BCUT2D eigenvalue weighted by atomic mass is 35.5. The number of aliphatic hydroxyl groups excluding tert-OH is 1. The predicted molar refractivity (Wildman–Crippen MR) is 97.2 cm³/mol. The molecule has 0 saturated heterocycles. The third kappa shape index (κ3) is 5.10. The Kier molecular flexibility index (Phi) is 8.00. The number of nitrogens with one attached hydrogen (secondary N) is 1. The fraction of sp³-hybridized carbons (Fsp3) is 0.611. The van der Waals surface area contributed by atoms with Gasteiger partial charge in [0, 0.05) is 6.04 Å². The highest BCUT2D eigenvalue weighted by molar-refractivity contribution is 5.85. The highest BCUT2D eigenvalue weighted by Crippen LogP contribution is 2.32. The monoisotopic (exact) mass is 356 g/mol. The molecule has 1 aliphatic carbocycles. The molecule has 136 valence electrons. The van der Waals surface area contributed by atoms with Crippen molar-refractivity contribution in [3.05, 3.63) is 35.9 Å². The first-order valence-corrected chi connectivity index (χ1v) is 8.41. The van der Waals surface area contributed by atoms with Gasteiger partial charge in [-0.05, 0) is 32.3 Å². The summed E-state index contributed by atoms with van der Waals surface area (Å²) in [6, 6.07) is 9.35. The van der Waals surface area contributed by atoms with Crippen LogP contribution < -0.4 is 11.1 Å². The lowest BCUT2D eigenvalue weighted by molar-refractivity contribution is -0.0463. The van der Waals surface area contributed by atoms with Crippen molar-refractivity contribution in [1.29, 1.82) is 0 Å². The number of rotatable bonds is 6.